The van der Waals surface area contributed by atoms with Gasteiger partial charge in [-0.25, -0.2) is 9.97 Å². The highest BCUT2D eigenvalue weighted by Gasteiger charge is 2.16. The first-order valence-electron chi connectivity index (χ1n) is 5.86. The van der Waals surface area contributed by atoms with Gasteiger partial charge in [0.2, 0.25) is 0 Å². The van der Waals surface area contributed by atoms with Crippen molar-refractivity contribution >= 4 is 5.69 Å². The third-order valence-electron chi connectivity index (χ3n) is 2.57. The molecule has 0 spiro atoms. The molecule has 3 heteroatoms. The summed E-state index contributed by atoms with van der Waals surface area (Å²) >= 11 is 0. The van der Waals surface area contributed by atoms with Crippen LogP contribution in [0.4, 0.5) is 5.69 Å². The average Bonchev–Trinajstić information content (AvgIpc) is 2.33. The summed E-state index contributed by atoms with van der Waals surface area (Å²) in [7, 11) is 0. The van der Waals surface area contributed by atoms with Crippen molar-refractivity contribution in [3.8, 4) is 0 Å². The van der Waals surface area contributed by atoms with Gasteiger partial charge in [0, 0.05) is 13.1 Å². The summed E-state index contributed by atoms with van der Waals surface area (Å²) in [6.07, 6.45) is 8.01. The minimum Gasteiger partial charge on any atom is -0.369 e. The maximum Gasteiger partial charge on any atom is 0.115 e. The Kier molecular flexibility index (Phi) is 5.08. The molecule has 1 unspecified atom stereocenters. The maximum atomic E-state index is 4.03. The van der Waals surface area contributed by atoms with Gasteiger partial charge in [-0.3, -0.25) is 0 Å². The standard InChI is InChI=1S/C10H15N3.C2H6/c1-9-3-2-4-13(7-9)10-5-11-8-12-6-10;1-2/h5-6,8-9H,2-4,7H2,1H3;1-2H3. The topological polar surface area (TPSA) is 29.0 Å². The molecule has 2 rings (SSSR count). The smallest absolute Gasteiger partial charge is 0.115 e. The molecule has 0 aromatic carbocycles. The summed E-state index contributed by atoms with van der Waals surface area (Å²) in [6, 6.07) is 0. The van der Waals surface area contributed by atoms with E-state index in [2.05, 4.69) is 21.8 Å². The molecule has 1 aliphatic heterocycles. The first-order chi connectivity index (χ1) is 7.36. The van der Waals surface area contributed by atoms with Crippen LogP contribution in [0.2, 0.25) is 0 Å². The van der Waals surface area contributed by atoms with E-state index in [9.17, 15) is 0 Å². The van der Waals surface area contributed by atoms with Crippen LogP contribution in [-0.2, 0) is 0 Å². The molecule has 2 heterocycles. The van der Waals surface area contributed by atoms with E-state index in [1.165, 1.54) is 12.8 Å². The second-order valence-electron chi connectivity index (χ2n) is 3.79. The molecule has 0 amide bonds. The molecule has 0 N–H and O–H groups in total. The van der Waals surface area contributed by atoms with E-state index in [-0.39, 0.29) is 0 Å². The SMILES string of the molecule is CC.CC1CCCN(c2cncnc2)C1. The van der Waals surface area contributed by atoms with Crippen molar-refractivity contribution in [2.75, 3.05) is 18.0 Å². The van der Waals surface area contributed by atoms with E-state index >= 15 is 0 Å². The zero-order valence-corrected chi connectivity index (χ0v) is 9.98. The summed E-state index contributed by atoms with van der Waals surface area (Å²) in [5, 5.41) is 0. The zero-order chi connectivity index (χ0) is 11.1. The first-order valence-corrected chi connectivity index (χ1v) is 5.86. The summed E-state index contributed by atoms with van der Waals surface area (Å²) < 4.78 is 0. The summed E-state index contributed by atoms with van der Waals surface area (Å²) in [6.45, 7) is 8.60. The highest BCUT2D eigenvalue weighted by Crippen LogP contribution is 2.20. The maximum absolute atomic E-state index is 4.03. The van der Waals surface area contributed by atoms with Crippen molar-refractivity contribution in [1.82, 2.24) is 9.97 Å². The molecule has 84 valence electrons. The predicted octanol–water partition coefficient (Wildman–Crippen LogP) is 2.74. The third-order valence-corrected chi connectivity index (χ3v) is 2.57. The van der Waals surface area contributed by atoms with Gasteiger partial charge in [0.1, 0.15) is 6.33 Å². The second-order valence-corrected chi connectivity index (χ2v) is 3.79. The molecule has 0 aliphatic carbocycles. The van der Waals surface area contributed by atoms with Crippen LogP contribution < -0.4 is 4.90 Å². The van der Waals surface area contributed by atoms with Crippen molar-refractivity contribution in [3.05, 3.63) is 18.7 Å². The van der Waals surface area contributed by atoms with Gasteiger partial charge in [-0.05, 0) is 18.8 Å². The Balaban J connectivity index is 0.000000531. The van der Waals surface area contributed by atoms with Gasteiger partial charge in [-0.1, -0.05) is 20.8 Å². The van der Waals surface area contributed by atoms with Crippen LogP contribution >= 0.6 is 0 Å². The summed E-state index contributed by atoms with van der Waals surface area (Å²) in [5.74, 6) is 0.800. The number of hydrogen-bond donors (Lipinski definition) is 0. The molecule has 1 saturated heterocycles. The van der Waals surface area contributed by atoms with Gasteiger partial charge < -0.3 is 4.90 Å². The Morgan fingerprint density at radius 1 is 1.27 bits per heavy atom. The quantitative estimate of drug-likeness (QED) is 0.709. The largest absolute Gasteiger partial charge is 0.369 e. The Morgan fingerprint density at radius 2 is 1.93 bits per heavy atom. The first kappa shape index (κ1) is 12.0. The Bertz CT molecular complexity index is 261. The molecule has 1 aliphatic rings. The fourth-order valence-corrected chi connectivity index (χ4v) is 1.88. The lowest BCUT2D eigenvalue weighted by molar-refractivity contribution is 0.446. The van der Waals surface area contributed by atoms with Crippen LogP contribution in [0.3, 0.4) is 0 Å². The van der Waals surface area contributed by atoms with Crippen LogP contribution in [0.1, 0.15) is 33.6 Å². The molecule has 1 aromatic rings. The van der Waals surface area contributed by atoms with Crippen LogP contribution in [-0.4, -0.2) is 23.1 Å². The van der Waals surface area contributed by atoms with E-state index in [1.54, 1.807) is 6.33 Å². The molecule has 0 saturated carbocycles. The van der Waals surface area contributed by atoms with Gasteiger partial charge in [0.05, 0.1) is 18.1 Å². The number of hydrogen-bond acceptors (Lipinski definition) is 3. The average molecular weight is 207 g/mol. The van der Waals surface area contributed by atoms with Gasteiger partial charge in [-0.15, -0.1) is 0 Å². The van der Waals surface area contributed by atoms with Gasteiger partial charge in [-0.2, -0.15) is 0 Å². The number of aromatic nitrogens is 2. The molecular weight excluding hydrogens is 186 g/mol. The van der Waals surface area contributed by atoms with E-state index in [0.717, 1.165) is 24.7 Å². The number of rotatable bonds is 1. The molecule has 1 fully saturated rings. The minimum absolute atomic E-state index is 0.800. The van der Waals surface area contributed by atoms with E-state index in [1.807, 2.05) is 26.2 Å². The van der Waals surface area contributed by atoms with Crippen LogP contribution in [0.5, 0.6) is 0 Å². The van der Waals surface area contributed by atoms with Gasteiger partial charge >= 0.3 is 0 Å². The molecule has 0 radical (unpaired) electrons. The Hall–Kier alpha value is -1.12. The third kappa shape index (κ3) is 3.50. The zero-order valence-electron chi connectivity index (χ0n) is 9.98. The lowest BCUT2D eigenvalue weighted by atomic mass is 10.0. The van der Waals surface area contributed by atoms with E-state index in [4.69, 9.17) is 0 Å². The second kappa shape index (κ2) is 6.38. The Morgan fingerprint density at radius 3 is 2.53 bits per heavy atom. The van der Waals surface area contributed by atoms with Crippen molar-refractivity contribution < 1.29 is 0 Å². The highest BCUT2D eigenvalue weighted by molar-refractivity contribution is 5.41. The molecule has 3 nitrogen and oxygen atoms in total. The molecular formula is C12H21N3. The fraction of sp³-hybridized carbons (Fsp3) is 0.667. The van der Waals surface area contributed by atoms with Crippen LogP contribution in [0, 0.1) is 5.92 Å². The van der Waals surface area contributed by atoms with Gasteiger partial charge in [0.15, 0.2) is 0 Å². The van der Waals surface area contributed by atoms with Crippen LogP contribution in [0.15, 0.2) is 18.7 Å². The number of piperidine rings is 1. The van der Waals surface area contributed by atoms with Crippen LogP contribution in [0.25, 0.3) is 0 Å². The van der Waals surface area contributed by atoms with Gasteiger partial charge in [0.25, 0.3) is 0 Å². The fourth-order valence-electron chi connectivity index (χ4n) is 1.88. The normalized spacial score (nSPS) is 20.5. The summed E-state index contributed by atoms with van der Waals surface area (Å²) in [5.41, 5.74) is 1.16. The number of nitrogens with zero attached hydrogens (tertiary/aromatic N) is 3. The Labute approximate surface area is 92.6 Å². The van der Waals surface area contributed by atoms with E-state index in [0.29, 0.717) is 0 Å². The molecule has 0 bridgehead atoms. The molecule has 1 atom stereocenters. The minimum atomic E-state index is 0.800. The van der Waals surface area contributed by atoms with Crippen molar-refractivity contribution in [2.24, 2.45) is 5.92 Å². The van der Waals surface area contributed by atoms with Crippen molar-refractivity contribution in [1.29, 1.82) is 0 Å². The molecule has 1 aromatic heterocycles. The van der Waals surface area contributed by atoms with Crippen molar-refractivity contribution in [2.45, 2.75) is 33.6 Å². The lowest BCUT2D eigenvalue weighted by Gasteiger charge is -2.32. The summed E-state index contributed by atoms with van der Waals surface area (Å²) in [4.78, 5) is 10.4. The van der Waals surface area contributed by atoms with E-state index < -0.39 is 0 Å². The van der Waals surface area contributed by atoms with Crippen molar-refractivity contribution in [3.63, 3.8) is 0 Å². The molecule has 15 heavy (non-hydrogen) atoms. The predicted molar refractivity (Wildman–Crippen MR) is 64.0 cm³/mol. The monoisotopic (exact) mass is 207 g/mol. The number of anilines is 1. The highest BCUT2D eigenvalue weighted by atomic mass is 15.1. The lowest BCUT2D eigenvalue weighted by Crippen LogP contribution is -2.34.